The second-order valence-electron chi connectivity index (χ2n) is 10.1. The Kier molecular flexibility index (Phi) is 9.03. The molecule has 0 fully saturated rings. The average molecular weight is 527 g/mol. The molecule has 1 aromatic carbocycles. The Morgan fingerprint density at radius 2 is 1.72 bits per heavy atom. The first-order valence-electron chi connectivity index (χ1n) is 13.4. The van der Waals surface area contributed by atoms with Gasteiger partial charge in [-0.2, -0.15) is 10.2 Å². The first-order valence-corrected chi connectivity index (χ1v) is 13.4. The molecule has 1 amide bonds. The quantitative estimate of drug-likeness (QED) is 0.297. The van der Waals surface area contributed by atoms with Crippen molar-refractivity contribution in [2.24, 2.45) is 0 Å². The molecule has 9 heteroatoms. The van der Waals surface area contributed by atoms with Crippen LogP contribution in [0.3, 0.4) is 0 Å². The van der Waals surface area contributed by atoms with Crippen molar-refractivity contribution in [2.75, 3.05) is 27.2 Å². The third-order valence-corrected chi connectivity index (χ3v) is 6.87. The van der Waals surface area contributed by atoms with Gasteiger partial charge in [0, 0.05) is 24.9 Å². The highest BCUT2D eigenvalue weighted by atomic mass is 16.1. The monoisotopic (exact) mass is 526 g/mol. The number of hydrogen-bond acceptors (Lipinski definition) is 6. The second kappa shape index (κ2) is 12.6. The van der Waals surface area contributed by atoms with E-state index in [1.807, 2.05) is 27.2 Å². The van der Waals surface area contributed by atoms with E-state index in [4.69, 9.17) is 0 Å². The van der Waals surface area contributed by atoms with Gasteiger partial charge in [0.25, 0.3) is 5.91 Å². The molecule has 4 heterocycles. The van der Waals surface area contributed by atoms with E-state index in [2.05, 4.69) is 81.5 Å². The summed E-state index contributed by atoms with van der Waals surface area (Å²) in [6.45, 7) is 10.1. The Hall–Kier alpha value is -4.11. The fraction of sp³-hybridized carbons (Fsp3) is 0.367. The Labute approximate surface area is 229 Å². The lowest BCUT2D eigenvalue weighted by atomic mass is 9.86. The number of aryl methyl sites for hydroxylation is 3. The van der Waals surface area contributed by atoms with Crippen molar-refractivity contribution in [1.29, 1.82) is 0 Å². The van der Waals surface area contributed by atoms with E-state index >= 15 is 0 Å². The molecule has 4 aromatic heterocycles. The van der Waals surface area contributed by atoms with E-state index in [-0.39, 0.29) is 5.91 Å². The summed E-state index contributed by atoms with van der Waals surface area (Å²) in [4.78, 5) is 22.6. The molecule has 0 aliphatic carbocycles. The van der Waals surface area contributed by atoms with Crippen LogP contribution in [0.2, 0.25) is 0 Å². The number of rotatable bonds is 8. The summed E-state index contributed by atoms with van der Waals surface area (Å²) in [7, 11) is 4.04. The minimum atomic E-state index is -0.0702. The molecule has 9 nitrogen and oxygen atoms in total. The van der Waals surface area contributed by atoms with Crippen molar-refractivity contribution in [3.8, 4) is 0 Å². The van der Waals surface area contributed by atoms with Crippen molar-refractivity contribution in [2.45, 2.75) is 46.5 Å². The fourth-order valence-electron chi connectivity index (χ4n) is 4.88. The molecule has 0 saturated carbocycles. The van der Waals surface area contributed by atoms with Gasteiger partial charge in [0.1, 0.15) is 12.7 Å². The van der Waals surface area contributed by atoms with E-state index in [1.54, 1.807) is 27.6 Å². The summed E-state index contributed by atoms with van der Waals surface area (Å²) in [5.74, 6) is 0.344. The van der Waals surface area contributed by atoms with Gasteiger partial charge in [-0.05, 0) is 89.1 Å². The van der Waals surface area contributed by atoms with Crippen molar-refractivity contribution in [3.63, 3.8) is 0 Å². The Morgan fingerprint density at radius 1 is 0.974 bits per heavy atom. The van der Waals surface area contributed by atoms with Crippen LogP contribution < -0.4 is 5.32 Å². The predicted molar refractivity (Wildman–Crippen MR) is 154 cm³/mol. The number of pyridine rings is 1. The lowest BCUT2D eigenvalue weighted by molar-refractivity contribution is 0.0954. The van der Waals surface area contributed by atoms with E-state index in [0.717, 1.165) is 36.2 Å². The van der Waals surface area contributed by atoms with Crippen LogP contribution >= 0.6 is 0 Å². The van der Waals surface area contributed by atoms with Gasteiger partial charge in [-0.3, -0.25) is 4.79 Å². The summed E-state index contributed by atoms with van der Waals surface area (Å²) in [6.07, 6.45) is 8.86. The molecule has 1 unspecified atom stereocenters. The molecule has 0 aliphatic heterocycles. The molecule has 5 rings (SSSR count). The highest BCUT2D eigenvalue weighted by Gasteiger charge is 2.16. The van der Waals surface area contributed by atoms with Crippen LogP contribution in [-0.4, -0.2) is 67.2 Å². The molecule has 204 valence electrons. The standard InChI is InChI=1S/C17H19N3.C13H19N5O/c1-4-15(16-6-5-12(2)9-13(16)3)14-7-8-20-17(10-14)18-11-19-20;1-10-12-11(5-8-18(12)16-9-15-10)13(19)14-6-4-7-17(2)3/h5-11,15H,4H2,1-3H3;5,8-9H,4,6-7H2,1-3H3,(H,14,19). The summed E-state index contributed by atoms with van der Waals surface area (Å²) < 4.78 is 3.48. The highest BCUT2D eigenvalue weighted by Crippen LogP contribution is 2.31. The van der Waals surface area contributed by atoms with Crippen LogP contribution in [0.5, 0.6) is 0 Å². The van der Waals surface area contributed by atoms with Crippen LogP contribution in [0, 0.1) is 20.8 Å². The van der Waals surface area contributed by atoms with Crippen LogP contribution in [0.15, 0.2) is 61.4 Å². The first kappa shape index (κ1) is 27.9. The second-order valence-corrected chi connectivity index (χ2v) is 10.1. The Bertz CT molecular complexity index is 1550. The predicted octanol–water partition coefficient (Wildman–Crippen LogP) is 4.61. The first-order chi connectivity index (χ1) is 18.8. The fourth-order valence-corrected chi connectivity index (χ4v) is 4.88. The zero-order valence-electron chi connectivity index (χ0n) is 23.7. The van der Waals surface area contributed by atoms with Crippen LogP contribution in [-0.2, 0) is 0 Å². The number of carbonyl (C=O) groups is 1. The van der Waals surface area contributed by atoms with Gasteiger partial charge in [0.15, 0.2) is 5.65 Å². The van der Waals surface area contributed by atoms with Gasteiger partial charge in [-0.25, -0.2) is 19.0 Å². The molecule has 0 radical (unpaired) electrons. The number of nitrogens with zero attached hydrogens (tertiary/aromatic N) is 7. The van der Waals surface area contributed by atoms with Gasteiger partial charge >= 0.3 is 0 Å². The van der Waals surface area contributed by atoms with E-state index in [1.165, 1.54) is 28.6 Å². The summed E-state index contributed by atoms with van der Waals surface area (Å²) >= 11 is 0. The van der Waals surface area contributed by atoms with E-state index in [9.17, 15) is 4.79 Å². The van der Waals surface area contributed by atoms with E-state index in [0.29, 0.717) is 18.0 Å². The van der Waals surface area contributed by atoms with Gasteiger partial charge < -0.3 is 10.2 Å². The van der Waals surface area contributed by atoms with Crippen LogP contribution in [0.25, 0.3) is 11.2 Å². The summed E-state index contributed by atoms with van der Waals surface area (Å²) in [6, 6.07) is 12.8. The number of aromatic nitrogens is 6. The number of hydrogen-bond donors (Lipinski definition) is 1. The third kappa shape index (κ3) is 6.67. The zero-order chi connectivity index (χ0) is 27.9. The van der Waals surface area contributed by atoms with Crippen molar-refractivity contribution < 1.29 is 4.79 Å². The molecule has 0 aliphatic rings. The number of nitrogens with one attached hydrogen (secondary N) is 1. The molecular weight excluding hydrogens is 488 g/mol. The highest BCUT2D eigenvalue weighted by molar-refractivity contribution is 6.01. The molecule has 0 bridgehead atoms. The van der Waals surface area contributed by atoms with Crippen LogP contribution in [0.1, 0.15) is 64.0 Å². The Balaban J connectivity index is 0.000000181. The van der Waals surface area contributed by atoms with Gasteiger partial charge in [-0.15, -0.1) is 0 Å². The maximum absolute atomic E-state index is 12.1. The molecule has 0 spiro atoms. The number of benzene rings is 1. The van der Waals surface area contributed by atoms with Crippen LogP contribution in [0.4, 0.5) is 0 Å². The maximum atomic E-state index is 12.1. The SMILES string of the molecule is CCC(c1ccn2ncnc2c1)c1ccc(C)cc1C.Cc1ncnn2ccc(C(=O)NCCCN(C)C)c12. The van der Waals surface area contributed by atoms with Gasteiger partial charge in [0.05, 0.1) is 16.8 Å². The normalized spacial score (nSPS) is 12.0. The molecule has 5 aromatic rings. The Morgan fingerprint density at radius 3 is 2.46 bits per heavy atom. The van der Waals surface area contributed by atoms with Crippen molar-refractivity contribution >= 4 is 17.1 Å². The summed E-state index contributed by atoms with van der Waals surface area (Å²) in [5, 5.41) is 11.2. The molecule has 39 heavy (non-hydrogen) atoms. The number of fused-ring (bicyclic) bond motifs is 2. The largest absolute Gasteiger partial charge is 0.352 e. The topological polar surface area (TPSA) is 92.7 Å². The van der Waals surface area contributed by atoms with E-state index < -0.39 is 0 Å². The smallest absolute Gasteiger partial charge is 0.253 e. The van der Waals surface area contributed by atoms with Gasteiger partial charge in [0.2, 0.25) is 0 Å². The molecule has 0 saturated heterocycles. The average Bonchev–Trinajstić information content (AvgIpc) is 3.56. The maximum Gasteiger partial charge on any atom is 0.253 e. The lowest BCUT2D eigenvalue weighted by Crippen LogP contribution is -2.27. The number of carbonyl (C=O) groups excluding carboxylic acids is 1. The number of amides is 1. The lowest BCUT2D eigenvalue weighted by Gasteiger charge is -2.19. The van der Waals surface area contributed by atoms with Crippen molar-refractivity contribution in [1.82, 2.24) is 39.4 Å². The third-order valence-electron chi connectivity index (χ3n) is 6.87. The summed E-state index contributed by atoms with van der Waals surface area (Å²) in [5.41, 5.74) is 8.49. The molecule has 1 N–H and O–H groups in total. The van der Waals surface area contributed by atoms with Crippen molar-refractivity contribution in [3.05, 3.63) is 95.0 Å². The molecular formula is C30H38N8O. The zero-order valence-corrected chi connectivity index (χ0v) is 23.7. The molecule has 1 atom stereocenters. The van der Waals surface area contributed by atoms with Gasteiger partial charge in [-0.1, -0.05) is 30.7 Å². The minimum Gasteiger partial charge on any atom is -0.352 e. The minimum absolute atomic E-state index is 0.0702.